The Morgan fingerprint density at radius 3 is 2.40 bits per heavy atom. The number of thiophene rings is 1. The van der Waals surface area contributed by atoms with Gasteiger partial charge >= 0.3 is 5.97 Å². The highest BCUT2D eigenvalue weighted by Crippen LogP contribution is 2.24. The second-order valence-corrected chi connectivity index (χ2v) is 7.21. The molecule has 2 aromatic rings. The standard InChI is InChI=1S/C19H23NO4S/c1-5-19(2,3)20-17(21)16(13-8-10-14(23-4)11-9-13)24-18(22)15-7-6-12-25-15/h6-12,16H,5H2,1-4H3,(H,20,21)/t16-/m0/s1. The minimum atomic E-state index is -1.02. The summed E-state index contributed by atoms with van der Waals surface area (Å²) in [6, 6.07) is 10.4. The molecule has 1 aromatic heterocycles. The van der Waals surface area contributed by atoms with Gasteiger partial charge in [0.25, 0.3) is 5.91 Å². The van der Waals surface area contributed by atoms with Gasteiger partial charge in [0.2, 0.25) is 6.10 Å². The summed E-state index contributed by atoms with van der Waals surface area (Å²) in [6.45, 7) is 5.84. The molecule has 0 aliphatic carbocycles. The number of hydrogen-bond donors (Lipinski definition) is 1. The average Bonchev–Trinajstić information content (AvgIpc) is 3.14. The Morgan fingerprint density at radius 2 is 1.88 bits per heavy atom. The lowest BCUT2D eigenvalue weighted by atomic mass is 10.0. The monoisotopic (exact) mass is 361 g/mol. The van der Waals surface area contributed by atoms with Crippen molar-refractivity contribution in [1.29, 1.82) is 0 Å². The molecule has 0 aliphatic rings. The number of amides is 1. The van der Waals surface area contributed by atoms with Gasteiger partial charge in [-0.1, -0.05) is 25.1 Å². The summed E-state index contributed by atoms with van der Waals surface area (Å²) in [5.41, 5.74) is 0.201. The van der Waals surface area contributed by atoms with E-state index in [0.29, 0.717) is 16.2 Å². The van der Waals surface area contributed by atoms with E-state index in [-0.39, 0.29) is 5.91 Å². The van der Waals surface area contributed by atoms with Crippen molar-refractivity contribution in [2.24, 2.45) is 0 Å². The first-order chi connectivity index (χ1) is 11.9. The number of ether oxygens (including phenoxy) is 2. The fraction of sp³-hybridized carbons (Fsp3) is 0.368. The minimum absolute atomic E-state index is 0.345. The number of nitrogens with one attached hydrogen (secondary N) is 1. The van der Waals surface area contributed by atoms with Gasteiger partial charge in [-0.25, -0.2) is 4.79 Å². The predicted octanol–water partition coefficient (Wildman–Crippen LogP) is 3.96. The lowest BCUT2D eigenvalue weighted by molar-refractivity contribution is -0.132. The van der Waals surface area contributed by atoms with E-state index in [1.165, 1.54) is 11.3 Å². The van der Waals surface area contributed by atoms with Crippen LogP contribution in [0.25, 0.3) is 0 Å². The smallest absolute Gasteiger partial charge is 0.349 e. The van der Waals surface area contributed by atoms with E-state index in [4.69, 9.17) is 9.47 Å². The van der Waals surface area contributed by atoms with Crippen LogP contribution in [0.2, 0.25) is 0 Å². The van der Waals surface area contributed by atoms with Crippen LogP contribution < -0.4 is 10.1 Å². The van der Waals surface area contributed by atoms with Crippen molar-refractivity contribution >= 4 is 23.2 Å². The first-order valence-electron chi connectivity index (χ1n) is 8.06. The predicted molar refractivity (Wildman–Crippen MR) is 98.0 cm³/mol. The molecule has 0 saturated carbocycles. The van der Waals surface area contributed by atoms with Gasteiger partial charge in [0, 0.05) is 11.1 Å². The molecule has 0 saturated heterocycles. The fourth-order valence-corrected chi connectivity index (χ4v) is 2.70. The van der Waals surface area contributed by atoms with Crippen LogP contribution in [0.1, 0.15) is 48.5 Å². The van der Waals surface area contributed by atoms with Gasteiger partial charge in [0.1, 0.15) is 10.6 Å². The third kappa shape index (κ3) is 5.06. The largest absolute Gasteiger partial charge is 0.497 e. The van der Waals surface area contributed by atoms with Gasteiger partial charge in [0.05, 0.1) is 7.11 Å². The molecule has 2 rings (SSSR count). The molecule has 0 spiro atoms. The highest BCUT2D eigenvalue weighted by atomic mass is 32.1. The van der Waals surface area contributed by atoms with E-state index < -0.39 is 17.6 Å². The van der Waals surface area contributed by atoms with E-state index in [1.54, 1.807) is 48.9 Å². The van der Waals surface area contributed by atoms with Gasteiger partial charge in [-0.2, -0.15) is 0 Å². The van der Waals surface area contributed by atoms with Gasteiger partial charge in [-0.15, -0.1) is 11.3 Å². The molecule has 0 radical (unpaired) electrons. The number of carbonyl (C=O) groups excluding carboxylic acids is 2. The lowest BCUT2D eigenvalue weighted by Gasteiger charge is -2.27. The third-order valence-electron chi connectivity index (χ3n) is 3.95. The summed E-state index contributed by atoms with van der Waals surface area (Å²) < 4.78 is 10.7. The van der Waals surface area contributed by atoms with Crippen molar-refractivity contribution in [3.05, 3.63) is 52.2 Å². The van der Waals surface area contributed by atoms with E-state index in [9.17, 15) is 9.59 Å². The second kappa shape index (κ2) is 8.16. The van der Waals surface area contributed by atoms with Crippen molar-refractivity contribution in [3.63, 3.8) is 0 Å². The zero-order valence-electron chi connectivity index (χ0n) is 14.9. The molecule has 134 valence electrons. The fourth-order valence-electron chi connectivity index (χ4n) is 2.10. The minimum Gasteiger partial charge on any atom is -0.497 e. The molecule has 1 atom stereocenters. The SMILES string of the molecule is CCC(C)(C)NC(=O)[C@@H](OC(=O)c1cccs1)c1ccc(OC)cc1. The third-order valence-corrected chi connectivity index (χ3v) is 4.80. The Bertz CT molecular complexity index is 708. The number of carbonyl (C=O) groups is 2. The molecule has 5 nitrogen and oxygen atoms in total. The van der Waals surface area contributed by atoms with E-state index in [2.05, 4.69) is 5.32 Å². The van der Waals surface area contributed by atoms with E-state index in [1.807, 2.05) is 20.8 Å². The summed E-state index contributed by atoms with van der Waals surface area (Å²) in [7, 11) is 1.57. The highest BCUT2D eigenvalue weighted by Gasteiger charge is 2.29. The zero-order valence-corrected chi connectivity index (χ0v) is 15.7. The van der Waals surface area contributed by atoms with Crippen molar-refractivity contribution in [3.8, 4) is 5.75 Å². The Hall–Kier alpha value is -2.34. The maximum Gasteiger partial charge on any atom is 0.349 e. The number of benzene rings is 1. The molecular weight excluding hydrogens is 338 g/mol. The molecule has 1 heterocycles. The topological polar surface area (TPSA) is 64.6 Å². The molecular formula is C19H23NO4S. The highest BCUT2D eigenvalue weighted by molar-refractivity contribution is 7.11. The maximum absolute atomic E-state index is 12.8. The summed E-state index contributed by atoms with van der Waals surface area (Å²) in [5.74, 6) is -0.191. The molecule has 1 N–H and O–H groups in total. The molecule has 25 heavy (non-hydrogen) atoms. The molecule has 0 unspecified atom stereocenters. The molecule has 0 aliphatic heterocycles. The molecule has 1 aromatic carbocycles. The molecule has 0 fully saturated rings. The van der Waals surface area contributed by atoms with Crippen LogP contribution >= 0.6 is 11.3 Å². The van der Waals surface area contributed by atoms with Crippen molar-refractivity contribution < 1.29 is 19.1 Å². The van der Waals surface area contributed by atoms with Crippen LogP contribution in [0.4, 0.5) is 0 Å². The summed E-state index contributed by atoms with van der Waals surface area (Å²) in [6.07, 6.45) is -0.265. The van der Waals surface area contributed by atoms with Crippen LogP contribution in [0.3, 0.4) is 0 Å². The van der Waals surface area contributed by atoms with Gasteiger partial charge < -0.3 is 14.8 Å². The van der Waals surface area contributed by atoms with Crippen molar-refractivity contribution in [1.82, 2.24) is 5.32 Å². The first kappa shape index (κ1) is 19.0. The maximum atomic E-state index is 12.8. The van der Waals surface area contributed by atoms with Crippen LogP contribution in [0.5, 0.6) is 5.75 Å². The normalized spacial score (nSPS) is 12.3. The Kier molecular flexibility index (Phi) is 6.20. The Balaban J connectivity index is 2.26. The molecule has 1 amide bonds. The van der Waals surface area contributed by atoms with Gasteiger partial charge in [0.15, 0.2) is 0 Å². The van der Waals surface area contributed by atoms with Crippen LogP contribution in [0.15, 0.2) is 41.8 Å². The van der Waals surface area contributed by atoms with Gasteiger partial charge in [-0.3, -0.25) is 4.79 Å². The number of methoxy groups -OCH3 is 1. The van der Waals surface area contributed by atoms with Crippen LogP contribution in [-0.2, 0) is 9.53 Å². The van der Waals surface area contributed by atoms with Crippen molar-refractivity contribution in [2.45, 2.75) is 38.8 Å². The van der Waals surface area contributed by atoms with Crippen molar-refractivity contribution in [2.75, 3.05) is 7.11 Å². The van der Waals surface area contributed by atoms with Crippen LogP contribution in [0, 0.1) is 0 Å². The molecule has 0 bridgehead atoms. The molecule has 6 heteroatoms. The quantitative estimate of drug-likeness (QED) is 0.758. The summed E-state index contributed by atoms with van der Waals surface area (Å²) >= 11 is 1.28. The summed E-state index contributed by atoms with van der Waals surface area (Å²) in [5, 5.41) is 4.73. The second-order valence-electron chi connectivity index (χ2n) is 6.26. The zero-order chi connectivity index (χ0) is 18.4. The lowest BCUT2D eigenvalue weighted by Crippen LogP contribution is -2.45. The van der Waals surface area contributed by atoms with Gasteiger partial charge in [-0.05, 0) is 43.8 Å². The van der Waals surface area contributed by atoms with E-state index in [0.717, 1.165) is 6.42 Å². The number of rotatable bonds is 7. The average molecular weight is 361 g/mol. The Morgan fingerprint density at radius 1 is 1.20 bits per heavy atom. The number of esters is 1. The van der Waals surface area contributed by atoms with Crippen LogP contribution in [-0.4, -0.2) is 24.5 Å². The summed E-state index contributed by atoms with van der Waals surface area (Å²) in [4.78, 5) is 25.6. The first-order valence-corrected chi connectivity index (χ1v) is 8.94. The number of hydrogen-bond acceptors (Lipinski definition) is 5. The Labute approximate surface area is 152 Å². The van der Waals surface area contributed by atoms with E-state index >= 15 is 0 Å².